The maximum absolute atomic E-state index is 8.91. The van der Waals surface area contributed by atoms with E-state index in [-0.39, 0.29) is 19.3 Å². The van der Waals surface area contributed by atoms with Crippen LogP contribution in [0, 0.1) is 0 Å². The molecule has 62 valence electrons. The predicted octanol–water partition coefficient (Wildman–Crippen LogP) is -1.33. The summed E-state index contributed by atoms with van der Waals surface area (Å²) in [5, 5.41) is 8.91. The van der Waals surface area contributed by atoms with E-state index < -0.39 is 6.10 Å². The lowest BCUT2D eigenvalue weighted by Gasteiger charge is -2.12. The largest absolute Gasteiger partial charge is 0.389 e. The van der Waals surface area contributed by atoms with E-state index in [9.17, 15) is 0 Å². The van der Waals surface area contributed by atoms with Crippen molar-refractivity contribution in [2.24, 2.45) is 11.5 Å². The highest BCUT2D eigenvalue weighted by Gasteiger charge is 2.03. The van der Waals surface area contributed by atoms with Crippen LogP contribution in [0.5, 0.6) is 0 Å². The van der Waals surface area contributed by atoms with Crippen molar-refractivity contribution in [1.82, 2.24) is 0 Å². The number of hydrogen-bond acceptors (Lipinski definition) is 4. The lowest BCUT2D eigenvalue weighted by Crippen LogP contribution is -2.29. The minimum Gasteiger partial charge on any atom is -0.389 e. The van der Waals surface area contributed by atoms with Crippen LogP contribution in [0.4, 0.5) is 0 Å². The Kier molecular flexibility index (Phi) is 5.52. The van der Waals surface area contributed by atoms with Crippen molar-refractivity contribution < 1.29 is 9.84 Å². The first kappa shape index (κ1) is 9.84. The summed E-state index contributed by atoms with van der Waals surface area (Å²) in [5.41, 5.74) is 10.4. The molecule has 2 unspecified atom stereocenters. The van der Waals surface area contributed by atoms with Gasteiger partial charge in [-0.25, -0.2) is 0 Å². The highest BCUT2D eigenvalue weighted by atomic mass is 16.5. The molecule has 0 radical (unpaired) electrons. The molecule has 4 nitrogen and oxygen atoms in total. The van der Waals surface area contributed by atoms with Crippen LogP contribution in [0.1, 0.15) is 6.92 Å². The number of aliphatic hydroxyl groups excluding tert-OH is 1. The summed E-state index contributed by atoms with van der Waals surface area (Å²) in [6, 6.07) is 0. The molecule has 0 spiro atoms. The second-order valence-electron chi connectivity index (χ2n) is 2.27. The zero-order valence-corrected chi connectivity index (χ0v) is 6.29. The molecular weight excluding hydrogens is 132 g/mol. The third-order valence-electron chi connectivity index (χ3n) is 1.18. The Hall–Kier alpha value is -0.160. The van der Waals surface area contributed by atoms with Crippen molar-refractivity contribution in [3.63, 3.8) is 0 Å². The first-order valence-corrected chi connectivity index (χ1v) is 3.40. The molecule has 0 rings (SSSR count). The second-order valence-corrected chi connectivity index (χ2v) is 2.27. The van der Waals surface area contributed by atoms with E-state index in [2.05, 4.69) is 0 Å². The number of rotatable bonds is 5. The Morgan fingerprint density at radius 1 is 1.40 bits per heavy atom. The minimum absolute atomic E-state index is 0.00111. The lowest BCUT2D eigenvalue weighted by molar-refractivity contribution is 0.00581. The van der Waals surface area contributed by atoms with Gasteiger partial charge >= 0.3 is 0 Å². The third-order valence-corrected chi connectivity index (χ3v) is 1.18. The van der Waals surface area contributed by atoms with Crippen LogP contribution in [0.2, 0.25) is 0 Å². The summed E-state index contributed by atoms with van der Waals surface area (Å²) in [5.74, 6) is 0. The topological polar surface area (TPSA) is 81.5 Å². The van der Waals surface area contributed by atoms with E-state index in [1.807, 2.05) is 6.92 Å². The van der Waals surface area contributed by atoms with E-state index in [4.69, 9.17) is 21.3 Å². The fraction of sp³-hybridized carbons (Fsp3) is 1.00. The van der Waals surface area contributed by atoms with Gasteiger partial charge in [0, 0.05) is 13.1 Å². The Labute approximate surface area is 61.2 Å². The van der Waals surface area contributed by atoms with E-state index in [0.717, 1.165) is 0 Å². The van der Waals surface area contributed by atoms with Gasteiger partial charge in [0.25, 0.3) is 0 Å². The third kappa shape index (κ3) is 4.69. The molecule has 0 aliphatic carbocycles. The summed E-state index contributed by atoms with van der Waals surface area (Å²) < 4.78 is 5.09. The average molecular weight is 148 g/mol. The highest BCUT2D eigenvalue weighted by molar-refractivity contribution is 4.55. The maximum atomic E-state index is 8.91. The van der Waals surface area contributed by atoms with Gasteiger partial charge in [-0.05, 0) is 6.92 Å². The maximum Gasteiger partial charge on any atom is 0.0895 e. The molecule has 0 aromatic rings. The van der Waals surface area contributed by atoms with Crippen molar-refractivity contribution in [2.75, 3.05) is 19.7 Å². The van der Waals surface area contributed by atoms with Gasteiger partial charge in [0.15, 0.2) is 0 Å². The molecule has 0 saturated heterocycles. The van der Waals surface area contributed by atoms with Crippen LogP contribution in [0.25, 0.3) is 0 Å². The SMILES string of the molecule is CC(CN)OCC(O)CN. The summed E-state index contributed by atoms with van der Waals surface area (Å²) >= 11 is 0. The molecule has 0 aromatic heterocycles. The molecule has 0 aromatic carbocycles. The standard InChI is InChI=1S/C6H16N2O2/c1-5(2-7)10-4-6(9)3-8/h5-6,9H,2-4,7-8H2,1H3. The first-order valence-electron chi connectivity index (χ1n) is 3.40. The summed E-state index contributed by atoms with van der Waals surface area (Å²) in [6.07, 6.45) is -0.560. The average Bonchev–Trinajstić information content (AvgIpc) is 1.99. The van der Waals surface area contributed by atoms with Gasteiger partial charge in [0.2, 0.25) is 0 Å². The van der Waals surface area contributed by atoms with Gasteiger partial charge < -0.3 is 21.3 Å². The van der Waals surface area contributed by atoms with Crippen LogP contribution in [-0.4, -0.2) is 37.0 Å². The monoisotopic (exact) mass is 148 g/mol. The fourth-order valence-electron chi connectivity index (χ4n) is 0.411. The van der Waals surface area contributed by atoms with Gasteiger partial charge in [0.05, 0.1) is 18.8 Å². The van der Waals surface area contributed by atoms with Crippen molar-refractivity contribution in [1.29, 1.82) is 0 Å². The molecule has 4 heteroatoms. The molecular formula is C6H16N2O2. The van der Waals surface area contributed by atoms with E-state index in [1.54, 1.807) is 0 Å². The van der Waals surface area contributed by atoms with Gasteiger partial charge in [-0.15, -0.1) is 0 Å². The molecule has 0 fully saturated rings. The van der Waals surface area contributed by atoms with Gasteiger partial charge in [0.1, 0.15) is 0 Å². The van der Waals surface area contributed by atoms with Crippen molar-refractivity contribution >= 4 is 0 Å². The molecule has 0 bridgehead atoms. The first-order chi connectivity index (χ1) is 4.70. The van der Waals surface area contributed by atoms with E-state index >= 15 is 0 Å². The Morgan fingerprint density at radius 3 is 2.40 bits per heavy atom. The zero-order chi connectivity index (χ0) is 7.98. The number of aliphatic hydroxyl groups is 1. The number of nitrogens with two attached hydrogens (primary N) is 2. The molecule has 0 aliphatic rings. The Balaban J connectivity index is 3.17. The van der Waals surface area contributed by atoms with E-state index in [0.29, 0.717) is 6.54 Å². The van der Waals surface area contributed by atoms with Gasteiger partial charge in [-0.3, -0.25) is 0 Å². The zero-order valence-electron chi connectivity index (χ0n) is 6.29. The van der Waals surface area contributed by atoms with Crippen molar-refractivity contribution in [2.45, 2.75) is 19.1 Å². The van der Waals surface area contributed by atoms with Crippen molar-refractivity contribution in [3.05, 3.63) is 0 Å². The molecule has 5 N–H and O–H groups in total. The second kappa shape index (κ2) is 5.61. The van der Waals surface area contributed by atoms with E-state index in [1.165, 1.54) is 0 Å². The summed E-state index contributed by atoms with van der Waals surface area (Å²) in [6.45, 7) is 2.83. The summed E-state index contributed by atoms with van der Waals surface area (Å²) in [4.78, 5) is 0. The van der Waals surface area contributed by atoms with Crippen LogP contribution in [0.3, 0.4) is 0 Å². The van der Waals surface area contributed by atoms with Gasteiger partial charge in [-0.1, -0.05) is 0 Å². The number of hydrogen-bond donors (Lipinski definition) is 3. The molecule has 0 amide bonds. The van der Waals surface area contributed by atoms with Crippen LogP contribution >= 0.6 is 0 Å². The van der Waals surface area contributed by atoms with Crippen LogP contribution in [0.15, 0.2) is 0 Å². The fourth-order valence-corrected chi connectivity index (χ4v) is 0.411. The Morgan fingerprint density at radius 2 is 2.00 bits per heavy atom. The lowest BCUT2D eigenvalue weighted by atomic mass is 10.3. The summed E-state index contributed by atoms with van der Waals surface area (Å²) in [7, 11) is 0. The molecule has 2 atom stereocenters. The van der Waals surface area contributed by atoms with Crippen molar-refractivity contribution in [3.8, 4) is 0 Å². The smallest absolute Gasteiger partial charge is 0.0895 e. The van der Waals surface area contributed by atoms with Gasteiger partial charge in [-0.2, -0.15) is 0 Å². The molecule has 0 aliphatic heterocycles. The molecule has 10 heavy (non-hydrogen) atoms. The predicted molar refractivity (Wildman–Crippen MR) is 39.5 cm³/mol. The van der Waals surface area contributed by atoms with Crippen LogP contribution in [-0.2, 0) is 4.74 Å². The molecule has 0 saturated carbocycles. The minimum atomic E-state index is -0.561. The highest BCUT2D eigenvalue weighted by Crippen LogP contribution is 1.89. The van der Waals surface area contributed by atoms with Crippen LogP contribution < -0.4 is 11.5 Å². The Bertz CT molecular complexity index is 70.1. The molecule has 0 heterocycles. The quantitative estimate of drug-likeness (QED) is 0.451. The number of ether oxygens (including phenoxy) is 1. The normalized spacial score (nSPS) is 16.8.